The first kappa shape index (κ1) is 17.7. The van der Waals surface area contributed by atoms with Gasteiger partial charge in [-0.25, -0.2) is 4.98 Å². The van der Waals surface area contributed by atoms with E-state index in [0.29, 0.717) is 22.2 Å². The van der Waals surface area contributed by atoms with Crippen LogP contribution in [0, 0.1) is 0 Å². The minimum Gasteiger partial charge on any atom is -0.497 e. The lowest BCUT2D eigenvalue weighted by Crippen LogP contribution is -2.16. The van der Waals surface area contributed by atoms with Gasteiger partial charge in [0.2, 0.25) is 0 Å². The van der Waals surface area contributed by atoms with Crippen LogP contribution in [0.15, 0.2) is 39.6 Å². The van der Waals surface area contributed by atoms with Crippen molar-refractivity contribution in [2.45, 2.75) is 19.4 Å². The predicted molar refractivity (Wildman–Crippen MR) is 98.7 cm³/mol. The van der Waals surface area contributed by atoms with Crippen molar-refractivity contribution in [3.63, 3.8) is 0 Å². The monoisotopic (exact) mass is 369 g/mol. The number of fused-ring (bicyclic) bond motifs is 1. The van der Waals surface area contributed by atoms with Gasteiger partial charge >= 0.3 is 0 Å². The molecular formula is C17H15N5O3S. The van der Waals surface area contributed by atoms with E-state index in [-0.39, 0.29) is 24.6 Å². The third-order valence-electron chi connectivity index (χ3n) is 3.86. The Morgan fingerprint density at radius 2 is 2.31 bits per heavy atom. The van der Waals surface area contributed by atoms with Crippen molar-refractivity contribution in [3.8, 4) is 5.75 Å². The smallest absolute Gasteiger partial charge is 0.260 e. The van der Waals surface area contributed by atoms with Crippen molar-refractivity contribution < 1.29 is 9.53 Å². The molecule has 3 rings (SSSR count). The molecule has 3 aromatic rings. The standard InChI is InChI=1S/C17H15N5O3S/c1-25-12-4-2-3-10(7-12)5-6-13(23)15-20-16(24)14-11(8-19-22-18)9-26-17(14)21-15/h2-4,7,9H,5-6,8H2,1H3,(H,20,21,24). The van der Waals surface area contributed by atoms with E-state index < -0.39 is 5.56 Å². The first-order valence-electron chi connectivity index (χ1n) is 7.79. The number of ether oxygens (including phenoxy) is 1. The number of ketones is 1. The Kier molecular flexibility index (Phi) is 5.31. The number of aromatic nitrogens is 2. The molecular weight excluding hydrogens is 354 g/mol. The molecule has 0 spiro atoms. The number of hydrogen-bond donors (Lipinski definition) is 1. The number of nitrogens with zero attached hydrogens (tertiary/aromatic N) is 4. The number of hydrogen-bond acceptors (Lipinski definition) is 6. The van der Waals surface area contributed by atoms with Crippen LogP contribution in [0.4, 0.5) is 0 Å². The number of aryl methyl sites for hydroxylation is 1. The van der Waals surface area contributed by atoms with Crippen LogP contribution >= 0.6 is 11.3 Å². The van der Waals surface area contributed by atoms with E-state index in [0.717, 1.165) is 11.3 Å². The van der Waals surface area contributed by atoms with Gasteiger partial charge in [-0.1, -0.05) is 17.2 Å². The van der Waals surface area contributed by atoms with Crippen molar-refractivity contribution in [2.75, 3.05) is 7.11 Å². The second kappa shape index (κ2) is 7.81. The zero-order chi connectivity index (χ0) is 18.5. The molecule has 2 aromatic heterocycles. The topological polar surface area (TPSA) is 121 Å². The molecule has 26 heavy (non-hydrogen) atoms. The highest BCUT2D eigenvalue weighted by atomic mass is 32.1. The second-order valence-electron chi connectivity index (χ2n) is 5.52. The third-order valence-corrected chi connectivity index (χ3v) is 4.78. The van der Waals surface area contributed by atoms with Gasteiger partial charge in [0.05, 0.1) is 19.0 Å². The number of aromatic amines is 1. The molecule has 0 amide bonds. The number of thiophene rings is 1. The van der Waals surface area contributed by atoms with E-state index in [1.54, 1.807) is 12.5 Å². The van der Waals surface area contributed by atoms with Crippen molar-refractivity contribution in [2.24, 2.45) is 5.11 Å². The summed E-state index contributed by atoms with van der Waals surface area (Å²) >= 11 is 1.25. The summed E-state index contributed by atoms with van der Waals surface area (Å²) in [6.07, 6.45) is 0.739. The van der Waals surface area contributed by atoms with E-state index in [9.17, 15) is 9.59 Å². The minimum absolute atomic E-state index is 0.0441. The highest BCUT2D eigenvalue weighted by Crippen LogP contribution is 2.22. The maximum absolute atomic E-state index is 12.4. The Morgan fingerprint density at radius 3 is 3.08 bits per heavy atom. The summed E-state index contributed by atoms with van der Waals surface area (Å²) in [6.45, 7) is 0.0738. The van der Waals surface area contributed by atoms with Gasteiger partial charge in [0.15, 0.2) is 11.6 Å². The average Bonchev–Trinajstić information content (AvgIpc) is 3.08. The van der Waals surface area contributed by atoms with E-state index in [2.05, 4.69) is 20.0 Å². The highest BCUT2D eigenvalue weighted by Gasteiger charge is 2.15. The van der Waals surface area contributed by atoms with Gasteiger partial charge in [0, 0.05) is 11.3 Å². The fraction of sp³-hybridized carbons (Fsp3) is 0.235. The van der Waals surface area contributed by atoms with Crippen molar-refractivity contribution in [3.05, 3.63) is 67.4 Å². The second-order valence-corrected chi connectivity index (χ2v) is 6.38. The number of rotatable bonds is 7. The highest BCUT2D eigenvalue weighted by molar-refractivity contribution is 7.16. The summed E-state index contributed by atoms with van der Waals surface area (Å²) in [5.74, 6) is 0.536. The zero-order valence-electron chi connectivity index (χ0n) is 13.9. The molecule has 1 N–H and O–H groups in total. The Morgan fingerprint density at radius 1 is 1.46 bits per heavy atom. The van der Waals surface area contributed by atoms with Crippen LogP contribution in [0.1, 0.15) is 28.2 Å². The van der Waals surface area contributed by atoms with Crippen LogP contribution in [0.3, 0.4) is 0 Å². The molecule has 0 saturated carbocycles. The summed E-state index contributed by atoms with van der Waals surface area (Å²) in [7, 11) is 1.59. The lowest BCUT2D eigenvalue weighted by atomic mass is 10.1. The average molecular weight is 369 g/mol. The van der Waals surface area contributed by atoms with Gasteiger partial charge in [-0.15, -0.1) is 11.3 Å². The van der Waals surface area contributed by atoms with Crippen LogP contribution in [0.5, 0.6) is 5.75 Å². The van der Waals surface area contributed by atoms with Gasteiger partial charge < -0.3 is 9.72 Å². The number of Topliss-reactive ketones (excluding diaryl/α,β-unsaturated/α-hetero) is 1. The molecule has 2 heterocycles. The fourth-order valence-electron chi connectivity index (χ4n) is 2.57. The molecule has 0 aliphatic rings. The molecule has 132 valence electrons. The SMILES string of the molecule is COc1cccc(CCC(=O)c2nc3scc(CN=[N+]=[N-])c3c(=O)[nH]2)c1. The number of methoxy groups -OCH3 is 1. The molecule has 8 nitrogen and oxygen atoms in total. The Balaban J connectivity index is 1.80. The zero-order valence-corrected chi connectivity index (χ0v) is 14.7. The molecule has 0 unspecified atom stereocenters. The van der Waals surface area contributed by atoms with Crippen molar-refractivity contribution in [1.82, 2.24) is 9.97 Å². The number of benzene rings is 1. The van der Waals surface area contributed by atoms with Crippen LogP contribution < -0.4 is 10.3 Å². The van der Waals surface area contributed by atoms with Gasteiger partial charge in [-0.05, 0) is 40.6 Å². The molecule has 0 atom stereocenters. The fourth-order valence-corrected chi connectivity index (χ4v) is 3.50. The molecule has 9 heteroatoms. The molecule has 0 radical (unpaired) electrons. The van der Waals surface area contributed by atoms with Gasteiger partial charge in [0.1, 0.15) is 10.6 Å². The number of nitrogens with one attached hydrogen (secondary N) is 1. The van der Waals surface area contributed by atoms with Gasteiger partial charge in [-0.3, -0.25) is 9.59 Å². The van der Waals surface area contributed by atoms with E-state index in [1.807, 2.05) is 24.3 Å². The largest absolute Gasteiger partial charge is 0.497 e. The molecule has 0 aliphatic heterocycles. The first-order chi connectivity index (χ1) is 12.6. The lowest BCUT2D eigenvalue weighted by molar-refractivity contribution is 0.0973. The van der Waals surface area contributed by atoms with E-state index in [4.69, 9.17) is 10.3 Å². The Bertz CT molecular complexity index is 1070. The molecule has 0 saturated heterocycles. The Hall–Kier alpha value is -3.16. The molecule has 1 aromatic carbocycles. The van der Waals surface area contributed by atoms with Gasteiger partial charge in [-0.2, -0.15) is 0 Å². The number of azide groups is 1. The maximum atomic E-state index is 12.4. The van der Waals surface area contributed by atoms with Crippen LogP contribution in [0.2, 0.25) is 0 Å². The summed E-state index contributed by atoms with van der Waals surface area (Å²) < 4.78 is 5.17. The van der Waals surface area contributed by atoms with E-state index in [1.165, 1.54) is 11.3 Å². The minimum atomic E-state index is -0.399. The van der Waals surface area contributed by atoms with Crippen LogP contribution in [-0.2, 0) is 13.0 Å². The normalized spacial score (nSPS) is 10.5. The summed E-state index contributed by atoms with van der Waals surface area (Å²) in [6, 6.07) is 7.48. The third kappa shape index (κ3) is 3.74. The lowest BCUT2D eigenvalue weighted by Gasteiger charge is -2.04. The molecule has 0 aliphatic carbocycles. The Labute approximate surface area is 152 Å². The predicted octanol–water partition coefficient (Wildman–Crippen LogP) is 3.62. The summed E-state index contributed by atoms with van der Waals surface area (Å²) in [4.78, 5) is 34.7. The maximum Gasteiger partial charge on any atom is 0.260 e. The van der Waals surface area contributed by atoms with Crippen molar-refractivity contribution in [1.29, 1.82) is 0 Å². The summed E-state index contributed by atoms with van der Waals surface area (Å²) in [5.41, 5.74) is 9.59. The van der Waals surface area contributed by atoms with Crippen molar-refractivity contribution >= 4 is 27.3 Å². The molecule has 0 bridgehead atoms. The van der Waals surface area contributed by atoms with Crippen LogP contribution in [-0.4, -0.2) is 22.9 Å². The molecule has 0 fully saturated rings. The number of H-pyrrole nitrogens is 1. The number of carbonyl (C=O) groups is 1. The van der Waals surface area contributed by atoms with E-state index >= 15 is 0 Å². The van der Waals surface area contributed by atoms with Crippen LogP contribution in [0.25, 0.3) is 20.7 Å². The summed E-state index contributed by atoms with van der Waals surface area (Å²) in [5, 5.41) is 5.55. The van der Waals surface area contributed by atoms with Gasteiger partial charge in [0.25, 0.3) is 5.56 Å². The number of carbonyl (C=O) groups excluding carboxylic acids is 1. The first-order valence-corrected chi connectivity index (χ1v) is 8.67. The quantitative estimate of drug-likeness (QED) is 0.296.